The number of benzene rings is 2. The molecule has 0 heterocycles. The van der Waals surface area contributed by atoms with Crippen molar-refractivity contribution in [1.29, 1.82) is 0 Å². The number of nitro groups is 1. The lowest BCUT2D eigenvalue weighted by atomic mass is 10.1. The fraction of sp³-hybridized carbons (Fsp3) is 0.143. The third-order valence-corrected chi connectivity index (χ3v) is 3.54. The van der Waals surface area contributed by atoms with Gasteiger partial charge >= 0.3 is 0 Å². The Morgan fingerprint density at radius 3 is 2.57 bits per heavy atom. The fourth-order valence-electron chi connectivity index (χ4n) is 1.81. The van der Waals surface area contributed by atoms with Crippen LogP contribution in [0.25, 0.3) is 0 Å². The van der Waals surface area contributed by atoms with Crippen molar-refractivity contribution in [3.8, 4) is 0 Å². The molecule has 110 valence electrons. The number of halogens is 3. The van der Waals surface area contributed by atoms with Gasteiger partial charge in [0.15, 0.2) is 0 Å². The van der Waals surface area contributed by atoms with Crippen LogP contribution in [0.2, 0.25) is 0 Å². The third kappa shape index (κ3) is 4.05. The number of hydrogen-bond donors (Lipinski definition) is 1. The van der Waals surface area contributed by atoms with Crippen LogP contribution in [-0.4, -0.2) is 4.92 Å². The Morgan fingerprint density at radius 2 is 1.90 bits per heavy atom. The molecular weight excluding hydrogens is 346 g/mol. The van der Waals surface area contributed by atoms with Crippen molar-refractivity contribution in [2.24, 2.45) is 0 Å². The average Bonchev–Trinajstić information content (AvgIpc) is 2.42. The van der Waals surface area contributed by atoms with Gasteiger partial charge in [0.2, 0.25) is 0 Å². The summed E-state index contributed by atoms with van der Waals surface area (Å²) in [6.45, 7) is 0.543. The molecular formula is C14H11BrF2N2O2. The van der Waals surface area contributed by atoms with Crippen LogP contribution in [0, 0.1) is 21.7 Å². The van der Waals surface area contributed by atoms with Gasteiger partial charge in [0.05, 0.1) is 9.40 Å². The zero-order chi connectivity index (χ0) is 15.4. The molecule has 0 saturated carbocycles. The highest BCUT2D eigenvalue weighted by Gasteiger charge is 2.12. The summed E-state index contributed by atoms with van der Waals surface area (Å²) in [5.74, 6) is -1.25. The molecule has 0 spiro atoms. The van der Waals surface area contributed by atoms with E-state index >= 15 is 0 Å². The molecule has 0 saturated heterocycles. The Hall–Kier alpha value is -1.86. The van der Waals surface area contributed by atoms with Gasteiger partial charge in [0.1, 0.15) is 11.6 Å². The zero-order valence-electron chi connectivity index (χ0n) is 10.8. The second-order valence-electron chi connectivity index (χ2n) is 4.38. The van der Waals surface area contributed by atoms with E-state index < -0.39 is 16.6 Å². The number of rotatable bonds is 5. The Labute approximate surface area is 128 Å². The second kappa shape index (κ2) is 6.73. The van der Waals surface area contributed by atoms with Crippen molar-refractivity contribution in [3.05, 3.63) is 73.7 Å². The predicted octanol–water partition coefficient (Wildman–Crippen LogP) is 3.93. The van der Waals surface area contributed by atoms with Gasteiger partial charge in [-0.2, -0.15) is 0 Å². The fourth-order valence-corrected chi connectivity index (χ4v) is 2.21. The highest BCUT2D eigenvalue weighted by atomic mass is 79.9. The Kier molecular flexibility index (Phi) is 4.98. The summed E-state index contributed by atoms with van der Waals surface area (Å²) in [6.07, 6.45) is 0. The summed E-state index contributed by atoms with van der Waals surface area (Å²) in [5, 5.41) is 13.8. The minimum atomic E-state index is -0.625. The van der Waals surface area contributed by atoms with E-state index in [2.05, 4.69) is 21.2 Å². The largest absolute Gasteiger partial charge is 0.309 e. The highest BCUT2D eigenvalue weighted by molar-refractivity contribution is 9.10. The molecule has 0 aliphatic rings. The zero-order valence-corrected chi connectivity index (χ0v) is 12.4. The van der Waals surface area contributed by atoms with Crippen molar-refractivity contribution in [1.82, 2.24) is 5.32 Å². The van der Waals surface area contributed by atoms with Crippen LogP contribution >= 0.6 is 15.9 Å². The van der Waals surface area contributed by atoms with E-state index in [0.717, 1.165) is 6.07 Å². The first-order valence-corrected chi connectivity index (χ1v) is 6.84. The standard InChI is InChI=1S/C14H11BrF2N2O2/c15-12-4-1-9(5-14(12)19(20)21)7-18-8-10-2-3-11(16)6-13(10)17/h1-6,18H,7-8H2. The second-order valence-corrected chi connectivity index (χ2v) is 5.24. The first-order chi connectivity index (χ1) is 9.97. The van der Waals surface area contributed by atoms with E-state index in [-0.39, 0.29) is 12.2 Å². The quantitative estimate of drug-likeness (QED) is 0.652. The summed E-state index contributed by atoms with van der Waals surface area (Å²) < 4.78 is 26.6. The number of nitrogens with one attached hydrogen (secondary N) is 1. The summed E-state index contributed by atoms with van der Waals surface area (Å²) in [6, 6.07) is 8.13. The Bertz CT molecular complexity index is 680. The minimum absolute atomic E-state index is 0.0257. The molecule has 0 aromatic heterocycles. The van der Waals surface area contributed by atoms with Gasteiger partial charge in [-0.25, -0.2) is 8.78 Å². The lowest BCUT2D eigenvalue weighted by Gasteiger charge is -2.07. The summed E-state index contributed by atoms with van der Waals surface area (Å²) in [7, 11) is 0. The minimum Gasteiger partial charge on any atom is -0.309 e. The molecule has 0 bridgehead atoms. The van der Waals surface area contributed by atoms with Gasteiger partial charge in [-0.05, 0) is 33.6 Å². The van der Waals surface area contributed by atoms with E-state index in [1.165, 1.54) is 18.2 Å². The van der Waals surface area contributed by atoms with Crippen molar-refractivity contribution in [3.63, 3.8) is 0 Å². The molecule has 0 aliphatic carbocycles. The van der Waals surface area contributed by atoms with E-state index in [0.29, 0.717) is 22.1 Å². The van der Waals surface area contributed by atoms with Crippen LogP contribution < -0.4 is 5.32 Å². The smallest absolute Gasteiger partial charge is 0.283 e. The van der Waals surface area contributed by atoms with Gasteiger partial charge in [-0.3, -0.25) is 10.1 Å². The molecule has 2 rings (SSSR count). The van der Waals surface area contributed by atoms with E-state index in [1.54, 1.807) is 12.1 Å². The summed E-state index contributed by atoms with van der Waals surface area (Å²) in [5.41, 5.74) is 1.01. The van der Waals surface area contributed by atoms with Crippen molar-refractivity contribution >= 4 is 21.6 Å². The SMILES string of the molecule is O=[N+]([O-])c1cc(CNCc2ccc(F)cc2F)ccc1Br. The van der Waals surface area contributed by atoms with Crippen LogP contribution in [0.3, 0.4) is 0 Å². The molecule has 4 nitrogen and oxygen atoms in total. The van der Waals surface area contributed by atoms with Crippen molar-refractivity contribution in [2.75, 3.05) is 0 Å². The molecule has 7 heteroatoms. The van der Waals surface area contributed by atoms with Crippen LogP contribution in [-0.2, 0) is 13.1 Å². The molecule has 2 aromatic carbocycles. The van der Waals surface area contributed by atoms with Crippen LogP contribution in [0.15, 0.2) is 40.9 Å². The van der Waals surface area contributed by atoms with Gasteiger partial charge in [0, 0.05) is 30.8 Å². The normalized spacial score (nSPS) is 10.6. The monoisotopic (exact) mass is 356 g/mol. The highest BCUT2D eigenvalue weighted by Crippen LogP contribution is 2.25. The van der Waals surface area contributed by atoms with Crippen LogP contribution in [0.1, 0.15) is 11.1 Å². The Morgan fingerprint density at radius 1 is 1.14 bits per heavy atom. The van der Waals surface area contributed by atoms with Crippen molar-refractivity contribution < 1.29 is 13.7 Å². The maximum atomic E-state index is 13.4. The van der Waals surface area contributed by atoms with Crippen molar-refractivity contribution in [2.45, 2.75) is 13.1 Å². The van der Waals surface area contributed by atoms with E-state index in [1.807, 2.05) is 0 Å². The van der Waals surface area contributed by atoms with Gasteiger partial charge < -0.3 is 5.32 Å². The summed E-state index contributed by atoms with van der Waals surface area (Å²) >= 11 is 3.11. The molecule has 2 aromatic rings. The number of hydrogen-bond acceptors (Lipinski definition) is 3. The average molecular weight is 357 g/mol. The maximum Gasteiger partial charge on any atom is 0.283 e. The molecule has 0 radical (unpaired) electrons. The molecule has 0 unspecified atom stereocenters. The molecule has 0 fully saturated rings. The van der Waals surface area contributed by atoms with Crippen LogP contribution in [0.4, 0.5) is 14.5 Å². The first kappa shape index (κ1) is 15.5. The molecule has 1 N–H and O–H groups in total. The molecule has 21 heavy (non-hydrogen) atoms. The lowest BCUT2D eigenvalue weighted by Crippen LogP contribution is -2.14. The molecule has 0 amide bonds. The summed E-state index contributed by atoms with van der Waals surface area (Å²) in [4.78, 5) is 10.3. The molecule has 0 aliphatic heterocycles. The van der Waals surface area contributed by atoms with Gasteiger partial charge in [-0.15, -0.1) is 0 Å². The van der Waals surface area contributed by atoms with Gasteiger partial charge in [-0.1, -0.05) is 12.1 Å². The third-order valence-electron chi connectivity index (χ3n) is 2.87. The number of nitro benzene ring substituents is 1. The Balaban J connectivity index is 2.00. The maximum absolute atomic E-state index is 13.4. The van der Waals surface area contributed by atoms with E-state index in [9.17, 15) is 18.9 Å². The van der Waals surface area contributed by atoms with Crippen LogP contribution in [0.5, 0.6) is 0 Å². The predicted molar refractivity (Wildman–Crippen MR) is 77.7 cm³/mol. The van der Waals surface area contributed by atoms with E-state index in [4.69, 9.17) is 0 Å². The topological polar surface area (TPSA) is 55.2 Å². The first-order valence-electron chi connectivity index (χ1n) is 6.05. The molecule has 0 atom stereocenters. The number of nitrogens with zero attached hydrogens (tertiary/aromatic N) is 1. The van der Waals surface area contributed by atoms with Gasteiger partial charge in [0.25, 0.3) is 5.69 Å². The lowest BCUT2D eigenvalue weighted by molar-refractivity contribution is -0.385.